The molecule has 0 aromatic heterocycles. The van der Waals surface area contributed by atoms with Crippen LogP contribution < -0.4 is 15.5 Å². The maximum absolute atomic E-state index is 12.6. The van der Waals surface area contributed by atoms with Gasteiger partial charge in [-0.2, -0.15) is 0 Å². The van der Waals surface area contributed by atoms with Crippen LogP contribution in [0.2, 0.25) is 0 Å². The number of hydrogen-bond acceptors (Lipinski definition) is 5. The fraction of sp³-hybridized carbons (Fsp3) is 0.211. The Morgan fingerprint density at radius 3 is 2.27 bits per heavy atom. The topological polar surface area (TPSA) is 87.7 Å². The van der Waals surface area contributed by atoms with Gasteiger partial charge in [0, 0.05) is 11.4 Å². The van der Waals surface area contributed by atoms with Crippen LogP contribution in [0, 0.1) is 6.92 Å². The van der Waals surface area contributed by atoms with Crippen LogP contribution in [0.3, 0.4) is 0 Å². The highest BCUT2D eigenvalue weighted by Crippen LogP contribution is 2.25. The summed E-state index contributed by atoms with van der Waals surface area (Å²) < 4.78 is 4.53. The lowest BCUT2D eigenvalue weighted by molar-refractivity contribution is -0.121. The van der Waals surface area contributed by atoms with Gasteiger partial charge in [0.1, 0.15) is 6.04 Å². The number of hydrogen-bond donors (Lipinski definition) is 2. The second kappa shape index (κ2) is 7.26. The molecule has 1 fully saturated rings. The molecule has 3 amide bonds. The van der Waals surface area contributed by atoms with Crippen LogP contribution in [-0.2, 0) is 14.3 Å². The van der Waals surface area contributed by atoms with Crippen LogP contribution in [0.1, 0.15) is 12.0 Å². The van der Waals surface area contributed by atoms with E-state index in [-0.39, 0.29) is 18.2 Å². The van der Waals surface area contributed by atoms with Crippen molar-refractivity contribution in [2.24, 2.45) is 0 Å². The molecule has 1 saturated heterocycles. The van der Waals surface area contributed by atoms with Crippen LogP contribution >= 0.6 is 0 Å². The lowest BCUT2D eigenvalue weighted by atomic mass is 10.2. The highest BCUT2D eigenvalue weighted by atomic mass is 16.5. The third-order valence-corrected chi connectivity index (χ3v) is 4.10. The standard InChI is InChI=1S/C19H19N3O4/c1-12-3-9-15(10-4-12)22-17(23)11-16(18(22)24)20-13-5-7-14(8-6-13)21-19(25)26-2/h3-10,16,20H,11H2,1-2H3,(H,21,25)/t16-/m0/s1. The average molecular weight is 353 g/mol. The summed E-state index contributed by atoms with van der Waals surface area (Å²) in [5.74, 6) is -0.518. The molecule has 26 heavy (non-hydrogen) atoms. The Morgan fingerprint density at radius 1 is 1.04 bits per heavy atom. The lowest BCUT2D eigenvalue weighted by Crippen LogP contribution is -2.34. The van der Waals surface area contributed by atoms with Crippen molar-refractivity contribution in [3.05, 3.63) is 54.1 Å². The van der Waals surface area contributed by atoms with Crippen LogP contribution in [0.25, 0.3) is 0 Å². The zero-order chi connectivity index (χ0) is 18.7. The molecule has 1 aliphatic heterocycles. The van der Waals surface area contributed by atoms with E-state index in [1.54, 1.807) is 36.4 Å². The molecule has 0 bridgehead atoms. The molecular formula is C19H19N3O4. The predicted molar refractivity (Wildman–Crippen MR) is 98.2 cm³/mol. The van der Waals surface area contributed by atoms with Crippen molar-refractivity contribution < 1.29 is 19.1 Å². The van der Waals surface area contributed by atoms with E-state index in [0.29, 0.717) is 17.1 Å². The number of carbonyl (C=O) groups is 3. The van der Waals surface area contributed by atoms with Crippen molar-refractivity contribution in [2.75, 3.05) is 22.6 Å². The van der Waals surface area contributed by atoms with E-state index in [2.05, 4.69) is 15.4 Å². The molecule has 0 spiro atoms. The zero-order valence-electron chi connectivity index (χ0n) is 14.5. The van der Waals surface area contributed by atoms with Crippen LogP contribution in [0.15, 0.2) is 48.5 Å². The summed E-state index contributed by atoms with van der Waals surface area (Å²) in [6.07, 6.45) is -0.467. The molecule has 1 heterocycles. The Bertz CT molecular complexity index is 831. The van der Waals surface area contributed by atoms with E-state index in [1.165, 1.54) is 12.0 Å². The average Bonchev–Trinajstić information content (AvgIpc) is 2.91. The zero-order valence-corrected chi connectivity index (χ0v) is 14.5. The first-order valence-corrected chi connectivity index (χ1v) is 8.13. The molecule has 2 aromatic rings. The molecule has 7 heteroatoms. The number of carbonyl (C=O) groups excluding carboxylic acids is 3. The minimum absolute atomic E-state index is 0.0921. The van der Waals surface area contributed by atoms with E-state index in [0.717, 1.165) is 5.56 Å². The third-order valence-electron chi connectivity index (χ3n) is 4.10. The largest absolute Gasteiger partial charge is 0.453 e. The monoisotopic (exact) mass is 353 g/mol. The van der Waals surface area contributed by atoms with Gasteiger partial charge >= 0.3 is 6.09 Å². The van der Waals surface area contributed by atoms with Crippen LogP contribution in [-0.4, -0.2) is 31.1 Å². The van der Waals surface area contributed by atoms with Gasteiger partial charge in [-0.1, -0.05) is 17.7 Å². The number of imide groups is 1. The summed E-state index contributed by atoms with van der Waals surface area (Å²) in [5, 5.41) is 5.61. The molecule has 0 aliphatic carbocycles. The second-order valence-corrected chi connectivity index (χ2v) is 6.00. The number of aryl methyl sites for hydroxylation is 1. The minimum Gasteiger partial charge on any atom is -0.453 e. The molecule has 1 atom stereocenters. The number of rotatable bonds is 4. The number of amides is 3. The van der Waals surface area contributed by atoms with Crippen LogP contribution in [0.4, 0.5) is 21.9 Å². The maximum Gasteiger partial charge on any atom is 0.411 e. The number of nitrogens with zero attached hydrogens (tertiary/aromatic N) is 1. The minimum atomic E-state index is -0.622. The molecular weight excluding hydrogens is 334 g/mol. The molecule has 3 rings (SSSR count). The Balaban J connectivity index is 1.69. The van der Waals surface area contributed by atoms with Gasteiger partial charge in [0.25, 0.3) is 5.91 Å². The first-order chi connectivity index (χ1) is 12.5. The van der Waals surface area contributed by atoms with Gasteiger partial charge in [0.2, 0.25) is 5.91 Å². The van der Waals surface area contributed by atoms with Crippen molar-refractivity contribution in [1.29, 1.82) is 0 Å². The molecule has 7 nitrogen and oxygen atoms in total. The highest BCUT2D eigenvalue weighted by molar-refractivity contribution is 6.23. The Hall–Kier alpha value is -3.35. The molecule has 1 aliphatic rings. The highest BCUT2D eigenvalue weighted by Gasteiger charge is 2.39. The van der Waals surface area contributed by atoms with Crippen molar-refractivity contribution >= 4 is 35.0 Å². The third kappa shape index (κ3) is 3.66. The molecule has 0 unspecified atom stereocenters. The quantitative estimate of drug-likeness (QED) is 0.825. The van der Waals surface area contributed by atoms with Gasteiger partial charge in [-0.3, -0.25) is 14.9 Å². The second-order valence-electron chi connectivity index (χ2n) is 6.00. The molecule has 2 aromatic carbocycles. The number of ether oxygens (including phenoxy) is 1. The van der Waals surface area contributed by atoms with Crippen molar-refractivity contribution in [2.45, 2.75) is 19.4 Å². The van der Waals surface area contributed by atoms with Gasteiger partial charge in [-0.15, -0.1) is 0 Å². The van der Waals surface area contributed by atoms with Gasteiger partial charge in [-0.05, 0) is 43.3 Å². The molecule has 0 saturated carbocycles. The van der Waals surface area contributed by atoms with E-state index in [9.17, 15) is 14.4 Å². The Labute approximate surface area is 150 Å². The summed E-state index contributed by atoms with van der Waals surface area (Å²) in [7, 11) is 1.29. The maximum atomic E-state index is 12.6. The fourth-order valence-corrected chi connectivity index (χ4v) is 2.73. The van der Waals surface area contributed by atoms with Crippen molar-refractivity contribution in [3.63, 3.8) is 0 Å². The SMILES string of the molecule is COC(=O)Nc1ccc(N[C@H]2CC(=O)N(c3ccc(C)cc3)C2=O)cc1. The summed E-state index contributed by atoms with van der Waals surface area (Å²) in [4.78, 5) is 37.3. The Morgan fingerprint density at radius 2 is 1.65 bits per heavy atom. The summed E-state index contributed by atoms with van der Waals surface area (Å²) in [5.41, 5.74) is 2.88. The molecule has 2 N–H and O–H groups in total. The summed E-state index contributed by atoms with van der Waals surface area (Å²) >= 11 is 0. The van der Waals surface area contributed by atoms with Gasteiger partial charge < -0.3 is 10.1 Å². The smallest absolute Gasteiger partial charge is 0.411 e. The van der Waals surface area contributed by atoms with E-state index in [1.807, 2.05) is 19.1 Å². The number of methoxy groups -OCH3 is 1. The van der Waals surface area contributed by atoms with Gasteiger partial charge in [0.15, 0.2) is 0 Å². The van der Waals surface area contributed by atoms with Crippen molar-refractivity contribution in [3.8, 4) is 0 Å². The number of nitrogens with one attached hydrogen (secondary N) is 2. The molecule has 0 radical (unpaired) electrons. The number of benzene rings is 2. The normalized spacial score (nSPS) is 16.5. The van der Waals surface area contributed by atoms with E-state index < -0.39 is 12.1 Å². The van der Waals surface area contributed by atoms with E-state index >= 15 is 0 Å². The van der Waals surface area contributed by atoms with Crippen LogP contribution in [0.5, 0.6) is 0 Å². The lowest BCUT2D eigenvalue weighted by Gasteiger charge is -2.16. The first kappa shape index (κ1) is 17.5. The Kier molecular flexibility index (Phi) is 4.88. The molecule has 134 valence electrons. The van der Waals surface area contributed by atoms with Gasteiger partial charge in [0.05, 0.1) is 19.2 Å². The summed E-state index contributed by atoms with van der Waals surface area (Å²) in [6.45, 7) is 1.94. The fourth-order valence-electron chi connectivity index (χ4n) is 2.73. The summed E-state index contributed by atoms with van der Waals surface area (Å²) in [6, 6.07) is 13.4. The van der Waals surface area contributed by atoms with Crippen molar-refractivity contribution in [1.82, 2.24) is 0 Å². The number of anilines is 3. The predicted octanol–water partition coefficient (Wildman–Crippen LogP) is 2.92. The first-order valence-electron chi connectivity index (χ1n) is 8.13. The van der Waals surface area contributed by atoms with E-state index in [4.69, 9.17) is 0 Å². The van der Waals surface area contributed by atoms with Gasteiger partial charge in [-0.25, -0.2) is 9.69 Å².